The van der Waals surface area contributed by atoms with E-state index in [9.17, 15) is 18.0 Å². The number of benzene rings is 3. The molecule has 3 aromatic carbocycles. The number of aryl methyl sites for hydroxylation is 1. The number of hydrogen-bond donors (Lipinski definition) is 1. The largest absolute Gasteiger partial charge is 0.354 e. The van der Waals surface area contributed by atoms with E-state index in [4.69, 9.17) is 34.8 Å². The molecule has 11 heteroatoms. The molecule has 0 saturated heterocycles. The van der Waals surface area contributed by atoms with Crippen LogP contribution in [-0.2, 0) is 26.2 Å². The molecule has 1 unspecified atom stereocenters. The Kier molecular flexibility index (Phi) is 11.5. The van der Waals surface area contributed by atoms with E-state index in [-0.39, 0.29) is 29.0 Å². The van der Waals surface area contributed by atoms with E-state index in [1.807, 2.05) is 13.8 Å². The SMILES string of the molecule is CCC(C(=O)NCC(C)C)N(Cc1ccc(Cl)c(Cl)c1)C(=O)CN(c1cc(Cl)ccc1C)S(=O)(=O)c1ccccc1. The first kappa shape index (κ1) is 32.7. The molecule has 3 aromatic rings. The first-order valence-electron chi connectivity index (χ1n) is 13.2. The van der Waals surface area contributed by atoms with Crippen LogP contribution in [0.1, 0.15) is 38.3 Å². The second-order valence-electron chi connectivity index (χ2n) is 10.1. The minimum Gasteiger partial charge on any atom is -0.354 e. The summed E-state index contributed by atoms with van der Waals surface area (Å²) in [4.78, 5) is 28.9. The van der Waals surface area contributed by atoms with Gasteiger partial charge in [0.05, 0.1) is 20.6 Å². The van der Waals surface area contributed by atoms with Crippen molar-refractivity contribution < 1.29 is 18.0 Å². The number of hydrogen-bond acceptors (Lipinski definition) is 4. The number of nitrogens with zero attached hydrogens (tertiary/aromatic N) is 2. The monoisotopic (exact) mass is 637 g/mol. The molecule has 2 amide bonds. The van der Waals surface area contributed by atoms with Gasteiger partial charge in [0, 0.05) is 18.1 Å². The number of carbonyl (C=O) groups is 2. The van der Waals surface area contributed by atoms with Crippen LogP contribution >= 0.6 is 34.8 Å². The summed E-state index contributed by atoms with van der Waals surface area (Å²) in [5.74, 6) is -0.694. The predicted octanol–water partition coefficient (Wildman–Crippen LogP) is 6.73. The summed E-state index contributed by atoms with van der Waals surface area (Å²) in [6, 6.07) is 16.8. The Labute approximate surface area is 257 Å². The molecule has 7 nitrogen and oxygen atoms in total. The standard InChI is InChI=1S/C30H34Cl3N3O4S/c1-5-27(30(38)34-17-20(2)3)35(18-22-12-14-25(32)26(33)15-22)29(37)19-36(28-16-23(31)13-11-21(28)4)41(39,40)24-9-7-6-8-10-24/h6-16,20,27H,5,17-19H2,1-4H3,(H,34,38). The van der Waals surface area contributed by atoms with Gasteiger partial charge in [-0.1, -0.05) is 85.9 Å². The maximum atomic E-state index is 14.1. The molecule has 0 saturated carbocycles. The fourth-order valence-corrected chi connectivity index (χ4v) is 6.24. The maximum Gasteiger partial charge on any atom is 0.264 e. The van der Waals surface area contributed by atoms with Crippen molar-refractivity contribution in [2.45, 2.75) is 51.6 Å². The minimum absolute atomic E-state index is 0.0110. The van der Waals surface area contributed by atoms with Crippen LogP contribution in [0.25, 0.3) is 0 Å². The lowest BCUT2D eigenvalue weighted by Gasteiger charge is -2.33. The van der Waals surface area contributed by atoms with E-state index < -0.39 is 28.5 Å². The Bertz CT molecular complexity index is 1480. The molecule has 41 heavy (non-hydrogen) atoms. The fourth-order valence-electron chi connectivity index (χ4n) is 4.26. The highest BCUT2D eigenvalue weighted by atomic mass is 35.5. The van der Waals surface area contributed by atoms with E-state index in [2.05, 4.69) is 5.32 Å². The Balaban J connectivity index is 2.09. The van der Waals surface area contributed by atoms with Gasteiger partial charge in [-0.25, -0.2) is 8.42 Å². The van der Waals surface area contributed by atoms with E-state index in [0.717, 1.165) is 4.31 Å². The zero-order valence-electron chi connectivity index (χ0n) is 23.4. The lowest BCUT2D eigenvalue weighted by atomic mass is 10.1. The van der Waals surface area contributed by atoms with Gasteiger partial charge in [-0.05, 0) is 66.8 Å². The third-order valence-electron chi connectivity index (χ3n) is 6.46. The average molecular weight is 639 g/mol. The topological polar surface area (TPSA) is 86.8 Å². The predicted molar refractivity (Wildman–Crippen MR) is 166 cm³/mol. The van der Waals surface area contributed by atoms with Gasteiger partial charge in [0.15, 0.2) is 0 Å². The number of halogens is 3. The first-order valence-corrected chi connectivity index (χ1v) is 15.8. The summed E-state index contributed by atoms with van der Waals surface area (Å²) in [6.45, 7) is 7.36. The van der Waals surface area contributed by atoms with Crippen LogP contribution in [0, 0.1) is 12.8 Å². The number of carbonyl (C=O) groups excluding carboxylic acids is 2. The van der Waals surface area contributed by atoms with Crippen LogP contribution in [0.5, 0.6) is 0 Å². The van der Waals surface area contributed by atoms with Crippen molar-refractivity contribution in [3.05, 3.63) is 92.9 Å². The summed E-state index contributed by atoms with van der Waals surface area (Å²) < 4.78 is 28.9. The number of sulfonamides is 1. The summed E-state index contributed by atoms with van der Waals surface area (Å²) in [5.41, 5.74) is 1.51. The van der Waals surface area contributed by atoms with Gasteiger partial charge in [-0.15, -0.1) is 0 Å². The lowest BCUT2D eigenvalue weighted by Crippen LogP contribution is -2.52. The molecule has 0 fully saturated rings. The number of amides is 2. The molecule has 3 rings (SSSR count). The Morgan fingerprint density at radius 1 is 0.927 bits per heavy atom. The van der Waals surface area contributed by atoms with Crippen molar-refractivity contribution in [1.29, 1.82) is 0 Å². The average Bonchev–Trinajstić information content (AvgIpc) is 2.94. The maximum absolute atomic E-state index is 14.1. The zero-order valence-corrected chi connectivity index (χ0v) is 26.5. The molecule has 0 aliphatic rings. The summed E-state index contributed by atoms with van der Waals surface area (Å²) >= 11 is 18.6. The second kappa shape index (κ2) is 14.4. The molecule has 0 bridgehead atoms. The third kappa shape index (κ3) is 8.38. The van der Waals surface area contributed by atoms with E-state index >= 15 is 0 Å². The number of anilines is 1. The molecule has 220 valence electrons. The van der Waals surface area contributed by atoms with Gasteiger partial charge < -0.3 is 10.2 Å². The van der Waals surface area contributed by atoms with Crippen molar-refractivity contribution in [2.75, 3.05) is 17.4 Å². The molecule has 0 spiro atoms. The molecule has 0 radical (unpaired) electrons. The van der Waals surface area contributed by atoms with Gasteiger partial charge >= 0.3 is 0 Å². The second-order valence-corrected chi connectivity index (χ2v) is 13.2. The molecule has 0 aromatic heterocycles. The summed E-state index contributed by atoms with van der Waals surface area (Å²) in [5, 5.41) is 3.88. The number of nitrogens with one attached hydrogen (secondary N) is 1. The van der Waals surface area contributed by atoms with Crippen molar-refractivity contribution in [1.82, 2.24) is 10.2 Å². The van der Waals surface area contributed by atoms with Crippen LogP contribution < -0.4 is 9.62 Å². The summed E-state index contributed by atoms with van der Waals surface area (Å²) in [7, 11) is -4.19. The highest BCUT2D eigenvalue weighted by Crippen LogP contribution is 2.30. The molecule has 0 aliphatic heterocycles. The van der Waals surface area contributed by atoms with Gasteiger partial charge in [0.25, 0.3) is 10.0 Å². The van der Waals surface area contributed by atoms with E-state index in [1.54, 1.807) is 62.4 Å². The normalized spacial score (nSPS) is 12.2. The van der Waals surface area contributed by atoms with E-state index in [1.165, 1.54) is 23.1 Å². The lowest BCUT2D eigenvalue weighted by molar-refractivity contribution is -0.140. The summed E-state index contributed by atoms with van der Waals surface area (Å²) in [6.07, 6.45) is 0.304. The van der Waals surface area contributed by atoms with Crippen LogP contribution in [-0.4, -0.2) is 44.3 Å². The van der Waals surface area contributed by atoms with Gasteiger partial charge in [0.1, 0.15) is 12.6 Å². The zero-order chi connectivity index (χ0) is 30.3. The highest BCUT2D eigenvalue weighted by Gasteiger charge is 2.34. The quantitative estimate of drug-likeness (QED) is 0.238. The minimum atomic E-state index is -4.19. The molecule has 0 aliphatic carbocycles. The van der Waals surface area contributed by atoms with Crippen molar-refractivity contribution >= 4 is 62.3 Å². The fraction of sp³-hybridized carbons (Fsp3) is 0.333. The molecule has 1 atom stereocenters. The van der Waals surface area contributed by atoms with Crippen molar-refractivity contribution in [3.63, 3.8) is 0 Å². The Morgan fingerprint density at radius 3 is 2.22 bits per heavy atom. The van der Waals surface area contributed by atoms with Gasteiger partial charge in [-0.2, -0.15) is 0 Å². The smallest absolute Gasteiger partial charge is 0.264 e. The number of rotatable bonds is 12. The Morgan fingerprint density at radius 2 is 1.61 bits per heavy atom. The van der Waals surface area contributed by atoms with Crippen molar-refractivity contribution in [2.24, 2.45) is 5.92 Å². The molecular weight excluding hydrogens is 605 g/mol. The van der Waals surface area contributed by atoms with Crippen molar-refractivity contribution in [3.8, 4) is 0 Å². The highest BCUT2D eigenvalue weighted by molar-refractivity contribution is 7.92. The van der Waals surface area contributed by atoms with Crippen LogP contribution in [0.3, 0.4) is 0 Å². The van der Waals surface area contributed by atoms with Crippen LogP contribution in [0.4, 0.5) is 5.69 Å². The van der Waals surface area contributed by atoms with Gasteiger partial charge in [-0.3, -0.25) is 13.9 Å². The third-order valence-corrected chi connectivity index (χ3v) is 9.21. The van der Waals surface area contributed by atoms with Crippen LogP contribution in [0.2, 0.25) is 15.1 Å². The molecule has 1 N–H and O–H groups in total. The molecular formula is C30H34Cl3N3O4S. The van der Waals surface area contributed by atoms with E-state index in [0.29, 0.717) is 39.2 Å². The van der Waals surface area contributed by atoms with Gasteiger partial charge in [0.2, 0.25) is 11.8 Å². The van der Waals surface area contributed by atoms with Crippen LogP contribution in [0.15, 0.2) is 71.6 Å². The molecule has 0 heterocycles. The Hall–Kier alpha value is -2.78. The first-order chi connectivity index (χ1) is 19.3.